The molecule has 1 aliphatic heterocycles. The van der Waals surface area contributed by atoms with E-state index in [-0.39, 0.29) is 0 Å². The Balaban J connectivity index is 2.53. The van der Waals surface area contributed by atoms with Crippen LogP contribution in [0.4, 0.5) is 0 Å². The van der Waals surface area contributed by atoms with Gasteiger partial charge in [-0.05, 0) is 6.42 Å². The molecule has 0 aromatic carbocycles. The molecule has 10 heavy (non-hydrogen) atoms. The summed E-state index contributed by atoms with van der Waals surface area (Å²) in [4.78, 5) is 10.3. The molecule has 52 valence electrons. The van der Waals surface area contributed by atoms with Crippen LogP contribution in [0.25, 0.3) is 0 Å². The molecule has 3 nitrogen and oxygen atoms in total. The molecule has 0 aliphatic carbocycles. The Labute approximate surface area is 62.2 Å². The summed E-state index contributed by atoms with van der Waals surface area (Å²) in [7, 11) is 0. The molecular formula is C6H6N2OS. The van der Waals surface area contributed by atoms with E-state index in [0.717, 1.165) is 29.0 Å². The second-order valence-electron chi connectivity index (χ2n) is 2.14. The van der Waals surface area contributed by atoms with Crippen LogP contribution < -0.4 is 0 Å². The minimum atomic E-state index is 0.653. The van der Waals surface area contributed by atoms with Crippen LogP contribution >= 0.6 is 11.8 Å². The van der Waals surface area contributed by atoms with Gasteiger partial charge >= 0.3 is 0 Å². The van der Waals surface area contributed by atoms with Crippen LogP contribution in [-0.2, 0) is 6.42 Å². The molecule has 0 bridgehead atoms. The van der Waals surface area contributed by atoms with Crippen LogP contribution in [-0.4, -0.2) is 22.2 Å². The Hall–Kier alpha value is -0.770. The summed E-state index contributed by atoms with van der Waals surface area (Å²) in [6.45, 7) is 0. The van der Waals surface area contributed by atoms with Crippen molar-refractivity contribution >= 4 is 18.0 Å². The maximum absolute atomic E-state index is 10.3. The number of hydrogen-bond acceptors (Lipinski definition) is 3. The number of fused-ring (bicyclic) bond motifs is 1. The van der Waals surface area contributed by atoms with Gasteiger partial charge < -0.3 is 0 Å². The molecule has 0 amide bonds. The monoisotopic (exact) mass is 154 g/mol. The number of carbonyl (C=O) groups excluding carboxylic acids is 1. The summed E-state index contributed by atoms with van der Waals surface area (Å²) >= 11 is 1.70. The van der Waals surface area contributed by atoms with E-state index in [0.29, 0.717) is 5.69 Å². The molecule has 0 radical (unpaired) electrons. The van der Waals surface area contributed by atoms with Crippen LogP contribution in [0.1, 0.15) is 16.1 Å². The zero-order chi connectivity index (χ0) is 6.97. The van der Waals surface area contributed by atoms with E-state index in [9.17, 15) is 4.79 Å². The first-order valence-corrected chi connectivity index (χ1v) is 4.05. The molecule has 2 rings (SSSR count). The number of aromatic amines is 1. The van der Waals surface area contributed by atoms with Gasteiger partial charge in [-0.2, -0.15) is 5.10 Å². The van der Waals surface area contributed by atoms with Gasteiger partial charge in [-0.15, -0.1) is 11.8 Å². The number of aldehydes is 1. The van der Waals surface area contributed by atoms with Crippen LogP contribution in [0.15, 0.2) is 5.03 Å². The van der Waals surface area contributed by atoms with Gasteiger partial charge in [0.15, 0.2) is 6.29 Å². The van der Waals surface area contributed by atoms with Gasteiger partial charge in [0.25, 0.3) is 0 Å². The van der Waals surface area contributed by atoms with E-state index in [1.165, 1.54) is 0 Å². The summed E-state index contributed by atoms with van der Waals surface area (Å²) in [5, 5.41) is 7.66. The fourth-order valence-corrected chi connectivity index (χ4v) is 2.07. The standard InChI is InChI=1S/C6H6N2OS/c9-3-5-4-1-2-10-6(4)8-7-5/h3H,1-2H2,(H,7,8). The highest BCUT2D eigenvalue weighted by atomic mass is 32.2. The third kappa shape index (κ3) is 0.686. The minimum Gasteiger partial charge on any atom is -0.296 e. The molecule has 4 heteroatoms. The Kier molecular flexibility index (Phi) is 1.27. The lowest BCUT2D eigenvalue weighted by Crippen LogP contribution is -1.87. The topological polar surface area (TPSA) is 45.8 Å². The molecule has 0 unspecified atom stereocenters. The third-order valence-corrected chi connectivity index (χ3v) is 2.59. The zero-order valence-electron chi connectivity index (χ0n) is 5.26. The van der Waals surface area contributed by atoms with Crippen LogP contribution in [0.3, 0.4) is 0 Å². The van der Waals surface area contributed by atoms with Gasteiger partial charge in [0.05, 0.1) is 0 Å². The van der Waals surface area contributed by atoms with Gasteiger partial charge in [-0.3, -0.25) is 9.89 Å². The Morgan fingerprint density at radius 1 is 1.70 bits per heavy atom. The lowest BCUT2D eigenvalue weighted by molar-refractivity contribution is 0.111. The predicted molar refractivity (Wildman–Crippen MR) is 38.4 cm³/mol. The fraction of sp³-hybridized carbons (Fsp3) is 0.333. The Morgan fingerprint density at radius 2 is 2.60 bits per heavy atom. The van der Waals surface area contributed by atoms with Crippen molar-refractivity contribution in [1.82, 2.24) is 10.2 Å². The largest absolute Gasteiger partial charge is 0.296 e. The molecule has 2 heterocycles. The first kappa shape index (κ1) is 5.97. The first-order valence-electron chi connectivity index (χ1n) is 3.07. The van der Waals surface area contributed by atoms with Crippen LogP contribution in [0.2, 0.25) is 0 Å². The average Bonchev–Trinajstić information content (AvgIpc) is 2.44. The van der Waals surface area contributed by atoms with Crippen molar-refractivity contribution in [1.29, 1.82) is 0 Å². The quantitative estimate of drug-likeness (QED) is 0.610. The molecule has 0 fully saturated rings. The number of nitrogens with one attached hydrogen (secondary N) is 1. The molecule has 1 aromatic heterocycles. The maximum Gasteiger partial charge on any atom is 0.168 e. The van der Waals surface area contributed by atoms with Crippen molar-refractivity contribution in [2.45, 2.75) is 11.4 Å². The zero-order valence-corrected chi connectivity index (χ0v) is 6.07. The van der Waals surface area contributed by atoms with Crippen LogP contribution in [0.5, 0.6) is 0 Å². The minimum absolute atomic E-state index is 0.653. The highest BCUT2D eigenvalue weighted by Crippen LogP contribution is 2.30. The smallest absolute Gasteiger partial charge is 0.168 e. The SMILES string of the molecule is O=Cc1[nH]nc2c1CCS2. The molecule has 1 aromatic rings. The number of thioether (sulfide) groups is 1. The van der Waals surface area contributed by atoms with E-state index in [1.54, 1.807) is 11.8 Å². The number of carbonyl (C=O) groups is 1. The van der Waals surface area contributed by atoms with Crippen molar-refractivity contribution < 1.29 is 4.79 Å². The van der Waals surface area contributed by atoms with Gasteiger partial charge in [-0.25, -0.2) is 0 Å². The number of H-pyrrole nitrogens is 1. The van der Waals surface area contributed by atoms with Gasteiger partial charge in [0, 0.05) is 11.3 Å². The predicted octanol–water partition coefficient (Wildman–Crippen LogP) is 0.870. The summed E-state index contributed by atoms with van der Waals surface area (Å²) in [6, 6.07) is 0. The summed E-state index contributed by atoms with van der Waals surface area (Å²) in [5.74, 6) is 1.06. The highest BCUT2D eigenvalue weighted by molar-refractivity contribution is 7.99. The number of rotatable bonds is 1. The first-order chi connectivity index (χ1) is 4.92. The van der Waals surface area contributed by atoms with Gasteiger partial charge in [0.2, 0.25) is 0 Å². The second kappa shape index (κ2) is 2.12. The van der Waals surface area contributed by atoms with E-state index in [1.807, 2.05) is 0 Å². The van der Waals surface area contributed by atoms with Crippen molar-refractivity contribution in [3.05, 3.63) is 11.3 Å². The maximum atomic E-state index is 10.3. The molecule has 0 atom stereocenters. The lowest BCUT2D eigenvalue weighted by atomic mass is 10.2. The number of aromatic nitrogens is 2. The molecule has 0 spiro atoms. The van der Waals surface area contributed by atoms with Crippen molar-refractivity contribution in [3.63, 3.8) is 0 Å². The molecule has 0 saturated carbocycles. The summed E-state index contributed by atoms with van der Waals surface area (Å²) in [5.41, 5.74) is 1.75. The van der Waals surface area contributed by atoms with Crippen molar-refractivity contribution in [2.75, 3.05) is 5.75 Å². The van der Waals surface area contributed by atoms with Crippen LogP contribution in [0, 0.1) is 0 Å². The number of nitrogens with zero attached hydrogens (tertiary/aromatic N) is 1. The average molecular weight is 154 g/mol. The van der Waals surface area contributed by atoms with E-state index < -0.39 is 0 Å². The fourth-order valence-electron chi connectivity index (χ4n) is 1.07. The highest BCUT2D eigenvalue weighted by Gasteiger charge is 2.18. The van der Waals surface area contributed by atoms with E-state index in [4.69, 9.17) is 0 Å². The van der Waals surface area contributed by atoms with E-state index >= 15 is 0 Å². The van der Waals surface area contributed by atoms with Crippen molar-refractivity contribution in [2.24, 2.45) is 0 Å². The number of hydrogen-bond donors (Lipinski definition) is 1. The molecule has 0 saturated heterocycles. The summed E-state index contributed by atoms with van der Waals surface area (Å²) in [6.07, 6.45) is 1.81. The van der Waals surface area contributed by atoms with Gasteiger partial charge in [0.1, 0.15) is 10.7 Å². The van der Waals surface area contributed by atoms with Crippen molar-refractivity contribution in [3.8, 4) is 0 Å². The Bertz CT molecular complexity index is 269. The summed E-state index contributed by atoms with van der Waals surface area (Å²) < 4.78 is 0. The lowest BCUT2D eigenvalue weighted by Gasteiger charge is -1.84. The second-order valence-corrected chi connectivity index (χ2v) is 3.22. The van der Waals surface area contributed by atoms with Gasteiger partial charge in [-0.1, -0.05) is 0 Å². The molecular weight excluding hydrogens is 148 g/mol. The third-order valence-electron chi connectivity index (χ3n) is 1.57. The van der Waals surface area contributed by atoms with E-state index in [2.05, 4.69) is 10.2 Å². The molecule has 1 N–H and O–H groups in total. The normalized spacial score (nSPS) is 15.2. The molecule has 1 aliphatic rings. The Morgan fingerprint density at radius 3 is 3.40 bits per heavy atom.